The minimum Gasteiger partial charge on any atom is -0.308 e. The van der Waals surface area contributed by atoms with E-state index in [0.29, 0.717) is 28.5 Å². The fourth-order valence-corrected chi connectivity index (χ4v) is 5.90. The average molecular weight is 508 g/mol. The fraction of sp³-hybridized carbons (Fsp3) is 0.172. The van der Waals surface area contributed by atoms with Crippen molar-refractivity contribution in [3.63, 3.8) is 0 Å². The zero-order valence-electron chi connectivity index (χ0n) is 20.3. The molecule has 0 fully saturated rings. The molecule has 1 amide bonds. The number of thioether (sulfide) groups is 1. The average Bonchev–Trinajstić information content (AvgIpc) is 3.53. The Morgan fingerprint density at radius 1 is 1.00 bits per heavy atom. The highest BCUT2D eigenvalue weighted by Gasteiger charge is 2.31. The summed E-state index contributed by atoms with van der Waals surface area (Å²) in [5.41, 5.74) is 4.21. The zero-order valence-corrected chi connectivity index (χ0v) is 21.1. The highest BCUT2D eigenvalue weighted by Crippen LogP contribution is 2.34. The van der Waals surface area contributed by atoms with Crippen LogP contribution in [0.15, 0.2) is 101 Å². The molecular weight excluding hydrogens is 482 g/mol. The van der Waals surface area contributed by atoms with Crippen LogP contribution < -0.4 is 10.5 Å². The van der Waals surface area contributed by atoms with Gasteiger partial charge >= 0.3 is 0 Å². The topological polar surface area (TPSA) is 73.0 Å². The third-order valence-electron chi connectivity index (χ3n) is 6.68. The molecule has 8 heteroatoms. The van der Waals surface area contributed by atoms with Gasteiger partial charge in [-0.1, -0.05) is 78.5 Å². The molecule has 2 aromatic heterocycles. The SMILES string of the molecule is Cc1ccccc1-n1ncc2c(=O)n3c(nc21)SCC3CC(=O)N(Cc1ccccc1)c1ccccc1. The highest BCUT2D eigenvalue weighted by molar-refractivity contribution is 7.99. The Hall–Kier alpha value is -4.17. The van der Waals surface area contributed by atoms with Crippen LogP contribution in [0, 0.1) is 6.92 Å². The summed E-state index contributed by atoms with van der Waals surface area (Å²) >= 11 is 1.51. The first kappa shape index (κ1) is 23.2. The molecule has 0 bridgehead atoms. The highest BCUT2D eigenvalue weighted by atomic mass is 32.2. The van der Waals surface area contributed by atoms with E-state index in [4.69, 9.17) is 4.98 Å². The number of hydrogen-bond donors (Lipinski definition) is 0. The third kappa shape index (κ3) is 4.34. The van der Waals surface area contributed by atoms with Crippen LogP contribution in [0.25, 0.3) is 16.7 Å². The maximum absolute atomic E-state index is 13.7. The fourth-order valence-electron chi connectivity index (χ4n) is 4.77. The van der Waals surface area contributed by atoms with Gasteiger partial charge in [0.25, 0.3) is 5.56 Å². The molecule has 6 rings (SSSR count). The predicted octanol–water partition coefficient (Wildman–Crippen LogP) is 5.16. The number of aromatic nitrogens is 4. The summed E-state index contributed by atoms with van der Waals surface area (Å²) in [6.45, 7) is 2.47. The summed E-state index contributed by atoms with van der Waals surface area (Å²) in [7, 11) is 0. The lowest BCUT2D eigenvalue weighted by molar-refractivity contribution is -0.119. The molecule has 0 spiro atoms. The molecule has 184 valence electrons. The van der Waals surface area contributed by atoms with Gasteiger partial charge in [-0.05, 0) is 36.2 Å². The van der Waals surface area contributed by atoms with E-state index in [-0.39, 0.29) is 23.9 Å². The standard InChI is InChI=1S/C29H25N5O2S/c1-20-10-8-9-15-25(20)34-27-24(17-30-34)28(36)33-23(19-37-29(33)31-27)16-26(35)32(22-13-6-3-7-14-22)18-21-11-4-2-5-12-21/h2-15,17,23H,16,18-19H2,1H3. The van der Waals surface area contributed by atoms with Crippen molar-refractivity contribution in [1.82, 2.24) is 19.3 Å². The van der Waals surface area contributed by atoms with E-state index in [9.17, 15) is 9.59 Å². The van der Waals surface area contributed by atoms with Crippen LogP contribution in [0.5, 0.6) is 0 Å². The van der Waals surface area contributed by atoms with Gasteiger partial charge in [0.15, 0.2) is 10.8 Å². The van der Waals surface area contributed by atoms with Gasteiger partial charge in [-0.2, -0.15) is 5.10 Å². The number of para-hydroxylation sites is 2. The molecule has 37 heavy (non-hydrogen) atoms. The molecule has 5 aromatic rings. The molecule has 0 saturated heterocycles. The van der Waals surface area contributed by atoms with Crippen LogP contribution in [0.1, 0.15) is 23.6 Å². The lowest BCUT2D eigenvalue weighted by Crippen LogP contribution is -2.34. The monoisotopic (exact) mass is 507 g/mol. The van der Waals surface area contributed by atoms with Gasteiger partial charge in [0, 0.05) is 17.9 Å². The molecule has 3 aromatic carbocycles. The van der Waals surface area contributed by atoms with Crippen LogP contribution >= 0.6 is 11.8 Å². The molecule has 0 N–H and O–H groups in total. The zero-order chi connectivity index (χ0) is 25.4. The first-order valence-electron chi connectivity index (χ1n) is 12.2. The Morgan fingerprint density at radius 2 is 1.70 bits per heavy atom. The minimum atomic E-state index is -0.277. The van der Waals surface area contributed by atoms with Gasteiger partial charge in [-0.3, -0.25) is 14.2 Å². The smallest absolute Gasteiger partial charge is 0.265 e. The third-order valence-corrected chi connectivity index (χ3v) is 7.77. The number of carbonyl (C=O) groups excluding carboxylic acids is 1. The van der Waals surface area contributed by atoms with Crippen molar-refractivity contribution in [2.24, 2.45) is 0 Å². The number of nitrogens with zero attached hydrogens (tertiary/aromatic N) is 5. The predicted molar refractivity (Wildman–Crippen MR) is 146 cm³/mol. The summed E-state index contributed by atoms with van der Waals surface area (Å²) in [6.07, 6.45) is 1.79. The second-order valence-electron chi connectivity index (χ2n) is 9.12. The maximum Gasteiger partial charge on any atom is 0.265 e. The van der Waals surface area contributed by atoms with E-state index in [1.165, 1.54) is 11.8 Å². The van der Waals surface area contributed by atoms with E-state index < -0.39 is 0 Å². The van der Waals surface area contributed by atoms with Gasteiger partial charge in [0.05, 0.1) is 24.5 Å². The number of aryl methyl sites for hydroxylation is 1. The van der Waals surface area contributed by atoms with Gasteiger partial charge in [-0.15, -0.1) is 0 Å². The summed E-state index contributed by atoms with van der Waals surface area (Å²) in [4.78, 5) is 33.9. The van der Waals surface area contributed by atoms with E-state index in [2.05, 4.69) is 5.10 Å². The Labute approximate surface area is 218 Å². The van der Waals surface area contributed by atoms with Crippen LogP contribution in [-0.4, -0.2) is 31.0 Å². The Morgan fingerprint density at radius 3 is 2.46 bits per heavy atom. The summed E-state index contributed by atoms with van der Waals surface area (Å²) < 4.78 is 3.41. The number of benzene rings is 3. The number of hydrogen-bond acceptors (Lipinski definition) is 5. The maximum atomic E-state index is 13.7. The number of carbonyl (C=O) groups is 1. The normalized spacial score (nSPS) is 14.6. The largest absolute Gasteiger partial charge is 0.308 e. The van der Waals surface area contributed by atoms with Gasteiger partial charge in [-0.25, -0.2) is 9.67 Å². The van der Waals surface area contributed by atoms with E-state index >= 15 is 0 Å². The number of anilines is 1. The molecule has 0 radical (unpaired) electrons. The first-order chi connectivity index (χ1) is 18.1. The minimum absolute atomic E-state index is 0.0314. The Kier molecular flexibility index (Phi) is 6.10. The molecule has 0 aliphatic carbocycles. The quantitative estimate of drug-likeness (QED) is 0.297. The lowest BCUT2D eigenvalue weighted by atomic mass is 10.1. The molecule has 7 nitrogen and oxygen atoms in total. The number of amides is 1. The molecule has 3 heterocycles. The second-order valence-corrected chi connectivity index (χ2v) is 10.1. The van der Waals surface area contributed by atoms with Gasteiger partial charge in [0.2, 0.25) is 5.91 Å². The van der Waals surface area contributed by atoms with Crippen molar-refractivity contribution < 1.29 is 4.79 Å². The van der Waals surface area contributed by atoms with E-state index in [1.54, 1.807) is 20.3 Å². The van der Waals surface area contributed by atoms with Crippen LogP contribution in [0.3, 0.4) is 0 Å². The summed E-state index contributed by atoms with van der Waals surface area (Å²) in [5, 5.41) is 5.56. The molecule has 0 saturated carbocycles. The van der Waals surface area contributed by atoms with Crippen molar-refractivity contribution in [3.05, 3.63) is 113 Å². The molecule has 1 aliphatic rings. The van der Waals surface area contributed by atoms with E-state index in [0.717, 1.165) is 22.5 Å². The lowest BCUT2D eigenvalue weighted by Gasteiger charge is -2.25. The summed E-state index contributed by atoms with van der Waals surface area (Å²) in [6, 6.07) is 27.2. The van der Waals surface area contributed by atoms with Crippen molar-refractivity contribution in [2.75, 3.05) is 10.7 Å². The van der Waals surface area contributed by atoms with Crippen molar-refractivity contribution in [1.29, 1.82) is 0 Å². The molecule has 1 aliphatic heterocycles. The van der Waals surface area contributed by atoms with Crippen molar-refractivity contribution >= 4 is 34.4 Å². The Balaban J connectivity index is 1.33. The Bertz CT molecular complexity index is 1650. The van der Waals surface area contributed by atoms with Crippen molar-refractivity contribution in [2.45, 2.75) is 31.1 Å². The van der Waals surface area contributed by atoms with Gasteiger partial charge in [0.1, 0.15) is 5.39 Å². The number of rotatable bonds is 6. The summed E-state index contributed by atoms with van der Waals surface area (Å²) in [5.74, 6) is 0.586. The van der Waals surface area contributed by atoms with Crippen LogP contribution in [0.2, 0.25) is 0 Å². The van der Waals surface area contributed by atoms with Crippen molar-refractivity contribution in [3.8, 4) is 5.69 Å². The first-order valence-corrected chi connectivity index (χ1v) is 13.2. The molecule has 1 unspecified atom stereocenters. The van der Waals surface area contributed by atoms with Crippen LogP contribution in [-0.2, 0) is 11.3 Å². The molecule has 1 atom stereocenters. The van der Waals surface area contributed by atoms with Gasteiger partial charge < -0.3 is 4.90 Å². The second kappa shape index (κ2) is 9.71. The molecular formula is C29H25N5O2S. The van der Waals surface area contributed by atoms with Crippen LogP contribution in [0.4, 0.5) is 5.69 Å². The number of fused-ring (bicyclic) bond motifs is 2. The van der Waals surface area contributed by atoms with E-state index in [1.807, 2.05) is 91.9 Å².